The van der Waals surface area contributed by atoms with Crippen LogP contribution < -0.4 is 11.3 Å². The summed E-state index contributed by atoms with van der Waals surface area (Å²) in [6, 6.07) is 26.3. The molecule has 0 spiro atoms. The second-order valence-corrected chi connectivity index (χ2v) is 9.91. The molecule has 0 bridgehead atoms. The molecule has 0 aliphatic carbocycles. The van der Waals surface area contributed by atoms with E-state index < -0.39 is 48.0 Å². The zero-order chi connectivity index (χ0) is 30.6. The van der Waals surface area contributed by atoms with Gasteiger partial charge in [0.25, 0.3) is 5.56 Å². The summed E-state index contributed by atoms with van der Waals surface area (Å²) in [5.74, 6) is -2.19. The van der Waals surface area contributed by atoms with E-state index in [0.29, 0.717) is 5.56 Å². The molecule has 0 amide bonds. The van der Waals surface area contributed by atoms with Crippen LogP contribution in [-0.4, -0.2) is 57.4 Å². The molecule has 0 radical (unpaired) electrons. The van der Waals surface area contributed by atoms with Crippen molar-refractivity contribution in [2.45, 2.75) is 24.5 Å². The third-order valence-electron chi connectivity index (χ3n) is 7.05. The summed E-state index contributed by atoms with van der Waals surface area (Å²) in [6.45, 7) is -0.355. The van der Waals surface area contributed by atoms with E-state index in [9.17, 15) is 19.2 Å². The maximum Gasteiger partial charge on any atom is 0.338 e. The Hall–Kier alpha value is -5.75. The molecule has 0 saturated carbocycles. The van der Waals surface area contributed by atoms with E-state index in [1.807, 2.05) is 0 Å². The molecular formula is C32H26N4O8. The van der Waals surface area contributed by atoms with Crippen LogP contribution >= 0.6 is 0 Å². The largest absolute Gasteiger partial charge is 0.459 e. The molecule has 4 atom stereocenters. The highest BCUT2D eigenvalue weighted by Gasteiger charge is 2.51. The monoisotopic (exact) mass is 594 g/mol. The Morgan fingerprint density at radius 2 is 1.30 bits per heavy atom. The number of carbonyl (C=O) groups is 3. The summed E-state index contributed by atoms with van der Waals surface area (Å²) >= 11 is 0. The Labute approximate surface area is 249 Å². The van der Waals surface area contributed by atoms with Gasteiger partial charge in [-0.1, -0.05) is 54.6 Å². The predicted octanol–water partition coefficient (Wildman–Crippen LogP) is 3.51. The molecule has 1 saturated heterocycles. The van der Waals surface area contributed by atoms with Gasteiger partial charge in [-0.05, 0) is 42.5 Å². The number of hydrogen-bond acceptors (Lipinski definition) is 10. The average molecular weight is 595 g/mol. The van der Waals surface area contributed by atoms with Gasteiger partial charge in [-0.15, -0.1) is 0 Å². The Kier molecular flexibility index (Phi) is 7.89. The maximum absolute atomic E-state index is 13.3. The number of nitrogen functional groups attached to an aromatic ring is 1. The van der Waals surface area contributed by atoms with Gasteiger partial charge in [0.2, 0.25) is 5.95 Å². The number of aromatic amines is 1. The predicted molar refractivity (Wildman–Crippen MR) is 157 cm³/mol. The summed E-state index contributed by atoms with van der Waals surface area (Å²) in [5, 5.41) is 0.202. The Morgan fingerprint density at radius 3 is 1.86 bits per heavy atom. The summed E-state index contributed by atoms with van der Waals surface area (Å²) in [7, 11) is 0. The SMILES string of the molecule is Nc1nc2c(ccn2C2O[C@H](COC(=O)c3ccccc3)[C@@H](OC(=O)c3ccccc3)[C@H]2OC(=O)c2ccccc2)c(=O)[nH]1. The fourth-order valence-electron chi connectivity index (χ4n) is 4.95. The van der Waals surface area contributed by atoms with Crippen LogP contribution in [0, 0.1) is 0 Å². The first kappa shape index (κ1) is 28.4. The van der Waals surface area contributed by atoms with Crippen molar-refractivity contribution in [3.63, 3.8) is 0 Å². The molecule has 1 unspecified atom stereocenters. The van der Waals surface area contributed by atoms with Gasteiger partial charge < -0.3 is 29.2 Å². The first-order valence-corrected chi connectivity index (χ1v) is 13.6. The zero-order valence-corrected chi connectivity index (χ0v) is 23.1. The number of nitrogens with one attached hydrogen (secondary N) is 1. The number of rotatable bonds is 8. The number of ether oxygens (including phenoxy) is 4. The quantitative estimate of drug-likeness (QED) is 0.201. The van der Waals surface area contributed by atoms with Gasteiger partial charge in [-0.25, -0.2) is 14.4 Å². The topological polar surface area (TPSA) is 165 Å². The highest BCUT2D eigenvalue weighted by atomic mass is 16.7. The molecule has 3 N–H and O–H groups in total. The van der Waals surface area contributed by atoms with Gasteiger partial charge >= 0.3 is 17.9 Å². The molecule has 1 aliphatic rings. The van der Waals surface area contributed by atoms with Crippen LogP contribution in [0.1, 0.15) is 37.3 Å². The molecule has 1 aliphatic heterocycles. The summed E-state index contributed by atoms with van der Waals surface area (Å²) < 4.78 is 25.2. The highest BCUT2D eigenvalue weighted by molar-refractivity contribution is 5.91. The van der Waals surface area contributed by atoms with Crippen molar-refractivity contribution in [1.29, 1.82) is 0 Å². The Morgan fingerprint density at radius 1 is 0.773 bits per heavy atom. The molecule has 12 nitrogen and oxygen atoms in total. The summed E-state index contributed by atoms with van der Waals surface area (Å²) in [5.41, 5.74) is 6.29. The van der Waals surface area contributed by atoms with Crippen molar-refractivity contribution in [2.24, 2.45) is 0 Å². The minimum atomic E-state index is -1.27. The van der Waals surface area contributed by atoms with Crippen LogP contribution in [0.3, 0.4) is 0 Å². The number of nitrogens with zero attached hydrogens (tertiary/aromatic N) is 2. The van der Waals surface area contributed by atoms with Gasteiger partial charge in [0, 0.05) is 6.20 Å². The minimum Gasteiger partial charge on any atom is -0.459 e. The molecular weight excluding hydrogens is 568 g/mol. The van der Waals surface area contributed by atoms with E-state index in [1.165, 1.54) is 16.8 Å². The standard InChI is InChI=1S/C32H26N4O8/c33-32-34-26-22(27(37)35-32)16-17-36(26)28-25(44-31(40)21-14-8-3-9-15-21)24(43-30(39)20-12-6-2-7-13-20)23(42-28)18-41-29(38)19-10-4-1-5-11-19/h1-17,23-25,28H,18H2,(H3,33,34,35,37)/t23-,24-,25-,28?/m1/s1. The first-order chi connectivity index (χ1) is 21.4. The number of carbonyl (C=O) groups excluding carboxylic acids is 3. The number of nitrogens with two attached hydrogens (primary N) is 1. The zero-order valence-electron chi connectivity index (χ0n) is 23.1. The van der Waals surface area contributed by atoms with Crippen LogP contribution in [0.25, 0.3) is 11.0 Å². The van der Waals surface area contributed by atoms with Crippen molar-refractivity contribution in [1.82, 2.24) is 14.5 Å². The van der Waals surface area contributed by atoms with Crippen molar-refractivity contribution < 1.29 is 33.3 Å². The second-order valence-electron chi connectivity index (χ2n) is 9.91. The highest BCUT2D eigenvalue weighted by Crippen LogP contribution is 2.37. The van der Waals surface area contributed by atoms with Gasteiger partial charge in [0.15, 0.2) is 24.1 Å². The lowest BCUT2D eigenvalue weighted by Gasteiger charge is -2.25. The van der Waals surface area contributed by atoms with E-state index >= 15 is 0 Å². The van der Waals surface area contributed by atoms with Crippen LogP contribution in [0.2, 0.25) is 0 Å². The molecule has 44 heavy (non-hydrogen) atoms. The van der Waals surface area contributed by atoms with Gasteiger partial charge in [0.1, 0.15) is 12.7 Å². The minimum absolute atomic E-state index is 0.140. The van der Waals surface area contributed by atoms with Crippen LogP contribution in [-0.2, 0) is 18.9 Å². The number of H-pyrrole nitrogens is 1. The number of benzene rings is 3. The normalized spacial score (nSPS) is 19.4. The van der Waals surface area contributed by atoms with Crippen molar-refractivity contribution in [3.8, 4) is 0 Å². The molecule has 3 heterocycles. The van der Waals surface area contributed by atoms with E-state index in [-0.39, 0.29) is 34.7 Å². The molecule has 12 heteroatoms. The molecule has 5 aromatic rings. The van der Waals surface area contributed by atoms with Crippen molar-refractivity contribution >= 4 is 34.9 Å². The fraction of sp³-hybridized carbons (Fsp3) is 0.156. The summed E-state index contributed by atoms with van der Waals surface area (Å²) in [6.07, 6.45) is -3.25. The molecule has 1 fully saturated rings. The van der Waals surface area contributed by atoms with Crippen molar-refractivity contribution in [2.75, 3.05) is 12.3 Å². The van der Waals surface area contributed by atoms with Crippen molar-refractivity contribution in [3.05, 3.63) is 130 Å². The van der Waals surface area contributed by atoms with E-state index in [4.69, 9.17) is 24.7 Å². The molecule has 222 valence electrons. The van der Waals surface area contributed by atoms with E-state index in [1.54, 1.807) is 91.0 Å². The lowest BCUT2D eigenvalue weighted by Crippen LogP contribution is -2.41. The van der Waals surface area contributed by atoms with Crippen LogP contribution in [0.5, 0.6) is 0 Å². The fourth-order valence-corrected chi connectivity index (χ4v) is 4.95. The second kappa shape index (κ2) is 12.2. The smallest absolute Gasteiger partial charge is 0.338 e. The molecule has 6 rings (SSSR count). The number of esters is 3. The van der Waals surface area contributed by atoms with Gasteiger partial charge in [-0.3, -0.25) is 9.78 Å². The molecule has 2 aromatic heterocycles. The van der Waals surface area contributed by atoms with Gasteiger partial charge in [0.05, 0.1) is 22.1 Å². The third kappa shape index (κ3) is 5.78. The average Bonchev–Trinajstić information content (AvgIpc) is 3.62. The maximum atomic E-state index is 13.3. The Bertz CT molecular complexity index is 1860. The first-order valence-electron chi connectivity index (χ1n) is 13.6. The number of fused-ring (bicyclic) bond motifs is 1. The lowest BCUT2D eigenvalue weighted by molar-refractivity contribution is -0.0604. The van der Waals surface area contributed by atoms with E-state index in [2.05, 4.69) is 9.97 Å². The lowest BCUT2D eigenvalue weighted by atomic mass is 10.1. The Balaban J connectivity index is 1.39. The third-order valence-corrected chi connectivity index (χ3v) is 7.05. The summed E-state index contributed by atoms with van der Waals surface area (Å²) in [4.78, 5) is 58.7. The number of hydrogen-bond donors (Lipinski definition) is 2. The molecule has 3 aromatic carbocycles. The number of anilines is 1. The number of aromatic nitrogens is 3. The van der Waals surface area contributed by atoms with Gasteiger partial charge in [-0.2, -0.15) is 4.98 Å². The van der Waals surface area contributed by atoms with Crippen LogP contribution in [0.15, 0.2) is 108 Å². The van der Waals surface area contributed by atoms with E-state index in [0.717, 1.165) is 0 Å². The van der Waals surface area contributed by atoms with Crippen LogP contribution in [0.4, 0.5) is 5.95 Å².